The first-order valence-corrected chi connectivity index (χ1v) is 10.1. The Balaban J connectivity index is 1.52. The van der Waals surface area contributed by atoms with Crippen molar-refractivity contribution in [1.29, 1.82) is 0 Å². The number of aryl methyl sites for hydroxylation is 2. The van der Waals surface area contributed by atoms with E-state index in [0.29, 0.717) is 25.3 Å². The van der Waals surface area contributed by atoms with Crippen molar-refractivity contribution in [3.63, 3.8) is 0 Å². The highest BCUT2D eigenvalue weighted by atomic mass is 16.5. The number of nitrogens with zero attached hydrogens (tertiary/aromatic N) is 2. The molecule has 0 saturated carbocycles. The summed E-state index contributed by atoms with van der Waals surface area (Å²) in [7, 11) is 0. The van der Waals surface area contributed by atoms with Crippen LogP contribution in [0.5, 0.6) is 5.75 Å². The number of para-hydroxylation sites is 2. The summed E-state index contributed by atoms with van der Waals surface area (Å²) in [5.74, 6) is 0.602. The predicted octanol–water partition coefficient (Wildman–Crippen LogP) is 2.78. The van der Waals surface area contributed by atoms with E-state index in [2.05, 4.69) is 10.2 Å². The second-order valence-corrected chi connectivity index (χ2v) is 7.33. The number of ether oxygens (including phenoxy) is 1. The summed E-state index contributed by atoms with van der Waals surface area (Å²) in [4.78, 5) is 29.0. The smallest absolute Gasteiger partial charge is 0.251 e. The molecule has 1 heterocycles. The largest absolute Gasteiger partial charge is 0.492 e. The van der Waals surface area contributed by atoms with E-state index in [-0.39, 0.29) is 18.4 Å². The molecule has 1 aliphatic rings. The van der Waals surface area contributed by atoms with Crippen LogP contribution in [0.25, 0.3) is 0 Å². The Hall–Kier alpha value is -3.02. The van der Waals surface area contributed by atoms with Crippen molar-refractivity contribution in [3.05, 3.63) is 59.2 Å². The quantitative estimate of drug-likeness (QED) is 0.817. The molecule has 0 spiro atoms. The lowest BCUT2D eigenvalue weighted by Crippen LogP contribution is -2.51. The number of rotatable bonds is 6. The van der Waals surface area contributed by atoms with Crippen LogP contribution in [0.1, 0.15) is 28.4 Å². The van der Waals surface area contributed by atoms with Crippen molar-refractivity contribution >= 4 is 17.5 Å². The molecular formula is C23H29N3O3. The average Bonchev–Trinajstić information content (AvgIpc) is 2.72. The number of amides is 2. The maximum atomic E-state index is 12.5. The predicted molar refractivity (Wildman–Crippen MR) is 115 cm³/mol. The molecule has 29 heavy (non-hydrogen) atoms. The van der Waals surface area contributed by atoms with Gasteiger partial charge in [0.15, 0.2) is 0 Å². The molecule has 2 aromatic carbocycles. The molecule has 0 aliphatic carbocycles. The molecule has 154 valence electrons. The van der Waals surface area contributed by atoms with E-state index in [9.17, 15) is 9.59 Å². The minimum atomic E-state index is -0.213. The first kappa shape index (κ1) is 20.7. The Bertz CT molecular complexity index is 853. The van der Waals surface area contributed by atoms with Crippen LogP contribution in [-0.4, -0.2) is 56.0 Å². The van der Waals surface area contributed by atoms with Gasteiger partial charge in [-0.25, -0.2) is 0 Å². The van der Waals surface area contributed by atoms with Crippen LogP contribution in [0, 0.1) is 13.8 Å². The molecule has 0 atom stereocenters. The standard InChI is InChI=1S/C23H29N3O3/c1-4-29-21-8-6-5-7-20(21)25-9-11-26(12-10-25)22(27)16-24-23(28)19-14-17(2)13-18(3)15-19/h5-8,13-15H,4,9-12,16H2,1-3H3,(H,24,28). The lowest BCUT2D eigenvalue weighted by atomic mass is 10.1. The zero-order valence-corrected chi connectivity index (χ0v) is 17.4. The van der Waals surface area contributed by atoms with Crippen molar-refractivity contribution in [2.45, 2.75) is 20.8 Å². The summed E-state index contributed by atoms with van der Waals surface area (Å²) in [5.41, 5.74) is 3.71. The Kier molecular flexibility index (Phi) is 6.75. The molecule has 1 N–H and O–H groups in total. The topological polar surface area (TPSA) is 61.9 Å². The highest BCUT2D eigenvalue weighted by Gasteiger charge is 2.23. The minimum Gasteiger partial charge on any atom is -0.492 e. The molecule has 1 saturated heterocycles. The lowest BCUT2D eigenvalue weighted by Gasteiger charge is -2.36. The monoisotopic (exact) mass is 395 g/mol. The maximum absolute atomic E-state index is 12.5. The fourth-order valence-corrected chi connectivity index (χ4v) is 3.67. The number of carbonyl (C=O) groups is 2. The van der Waals surface area contributed by atoms with Crippen LogP contribution in [0.4, 0.5) is 5.69 Å². The molecule has 0 radical (unpaired) electrons. The summed E-state index contributed by atoms with van der Waals surface area (Å²) < 4.78 is 5.72. The Morgan fingerprint density at radius 1 is 1.00 bits per heavy atom. The van der Waals surface area contributed by atoms with Gasteiger partial charge in [-0.1, -0.05) is 29.3 Å². The number of anilines is 1. The van der Waals surface area contributed by atoms with E-state index in [1.54, 1.807) is 0 Å². The van der Waals surface area contributed by atoms with Crippen LogP contribution in [0.2, 0.25) is 0 Å². The van der Waals surface area contributed by atoms with Crippen molar-refractivity contribution in [2.24, 2.45) is 0 Å². The number of hydrogen-bond acceptors (Lipinski definition) is 4. The SMILES string of the molecule is CCOc1ccccc1N1CCN(C(=O)CNC(=O)c2cc(C)cc(C)c2)CC1. The van der Waals surface area contributed by atoms with Crippen molar-refractivity contribution in [3.8, 4) is 5.75 Å². The van der Waals surface area contributed by atoms with Gasteiger partial charge in [-0.05, 0) is 45.0 Å². The lowest BCUT2D eigenvalue weighted by molar-refractivity contribution is -0.130. The van der Waals surface area contributed by atoms with Crippen LogP contribution < -0.4 is 15.0 Å². The van der Waals surface area contributed by atoms with Crippen LogP contribution in [0.3, 0.4) is 0 Å². The third-order valence-electron chi connectivity index (χ3n) is 5.02. The molecule has 1 aliphatic heterocycles. The first-order chi connectivity index (χ1) is 14.0. The second kappa shape index (κ2) is 9.45. The van der Waals surface area contributed by atoms with Gasteiger partial charge in [0.2, 0.25) is 5.91 Å². The molecule has 2 aromatic rings. The van der Waals surface area contributed by atoms with Crippen LogP contribution in [0.15, 0.2) is 42.5 Å². The van der Waals surface area contributed by atoms with Gasteiger partial charge in [-0.2, -0.15) is 0 Å². The van der Waals surface area contributed by atoms with E-state index in [4.69, 9.17) is 4.74 Å². The van der Waals surface area contributed by atoms with E-state index >= 15 is 0 Å². The molecule has 0 aromatic heterocycles. The summed E-state index contributed by atoms with van der Waals surface area (Å²) in [6.07, 6.45) is 0. The Morgan fingerprint density at radius 2 is 1.66 bits per heavy atom. The molecule has 3 rings (SSSR count). The van der Waals surface area contributed by atoms with E-state index in [1.807, 2.05) is 68.1 Å². The van der Waals surface area contributed by atoms with Crippen LogP contribution in [-0.2, 0) is 4.79 Å². The molecule has 0 bridgehead atoms. The fourth-order valence-electron chi connectivity index (χ4n) is 3.67. The minimum absolute atomic E-state index is 0.0152. The van der Waals surface area contributed by atoms with Gasteiger partial charge in [-0.15, -0.1) is 0 Å². The molecule has 0 unspecified atom stereocenters. The summed E-state index contributed by atoms with van der Waals surface area (Å²) >= 11 is 0. The van der Waals surface area contributed by atoms with Gasteiger partial charge in [-0.3, -0.25) is 9.59 Å². The van der Waals surface area contributed by atoms with E-state index < -0.39 is 0 Å². The summed E-state index contributed by atoms with van der Waals surface area (Å²) in [6.45, 7) is 9.24. The highest BCUT2D eigenvalue weighted by molar-refractivity contribution is 5.96. The highest BCUT2D eigenvalue weighted by Crippen LogP contribution is 2.28. The Morgan fingerprint density at radius 3 is 2.31 bits per heavy atom. The third-order valence-corrected chi connectivity index (χ3v) is 5.02. The van der Waals surface area contributed by atoms with Gasteiger partial charge in [0.05, 0.1) is 18.8 Å². The molecule has 1 fully saturated rings. The van der Waals surface area contributed by atoms with E-state index in [0.717, 1.165) is 35.7 Å². The van der Waals surface area contributed by atoms with Crippen molar-refractivity contribution in [1.82, 2.24) is 10.2 Å². The van der Waals surface area contributed by atoms with E-state index in [1.165, 1.54) is 0 Å². The first-order valence-electron chi connectivity index (χ1n) is 10.1. The number of nitrogens with one attached hydrogen (secondary N) is 1. The Labute approximate surface area is 172 Å². The zero-order chi connectivity index (χ0) is 20.8. The van der Waals surface area contributed by atoms with Crippen LogP contribution >= 0.6 is 0 Å². The number of piperazine rings is 1. The number of hydrogen-bond donors (Lipinski definition) is 1. The third kappa shape index (κ3) is 5.28. The number of carbonyl (C=O) groups excluding carboxylic acids is 2. The fraction of sp³-hybridized carbons (Fsp3) is 0.391. The molecule has 6 nitrogen and oxygen atoms in total. The van der Waals surface area contributed by atoms with Gasteiger partial charge in [0, 0.05) is 31.7 Å². The van der Waals surface area contributed by atoms with Gasteiger partial charge in [0.1, 0.15) is 5.75 Å². The zero-order valence-electron chi connectivity index (χ0n) is 17.4. The molecule has 2 amide bonds. The van der Waals surface area contributed by atoms with Gasteiger partial charge in [0.25, 0.3) is 5.91 Å². The number of benzene rings is 2. The molecular weight excluding hydrogens is 366 g/mol. The van der Waals surface area contributed by atoms with Crippen molar-refractivity contribution in [2.75, 3.05) is 44.2 Å². The maximum Gasteiger partial charge on any atom is 0.251 e. The van der Waals surface area contributed by atoms with Crippen molar-refractivity contribution < 1.29 is 14.3 Å². The summed E-state index contributed by atoms with van der Waals surface area (Å²) in [5, 5.41) is 2.76. The van der Waals surface area contributed by atoms with Gasteiger partial charge < -0.3 is 19.9 Å². The van der Waals surface area contributed by atoms with Gasteiger partial charge >= 0.3 is 0 Å². The molecule has 6 heteroatoms. The summed E-state index contributed by atoms with van der Waals surface area (Å²) in [6, 6.07) is 13.7. The average molecular weight is 396 g/mol. The second-order valence-electron chi connectivity index (χ2n) is 7.33. The normalized spacial score (nSPS) is 13.9.